The van der Waals surface area contributed by atoms with Gasteiger partial charge in [0.2, 0.25) is 0 Å². The van der Waals surface area contributed by atoms with Gasteiger partial charge in [0.15, 0.2) is 0 Å². The van der Waals surface area contributed by atoms with E-state index in [2.05, 4.69) is 12.1 Å². The normalized spacial score (nSPS) is 10.4. The van der Waals surface area contributed by atoms with E-state index < -0.39 is 0 Å². The fourth-order valence-electron chi connectivity index (χ4n) is 2.02. The van der Waals surface area contributed by atoms with Crippen molar-refractivity contribution < 1.29 is 9.47 Å². The van der Waals surface area contributed by atoms with Crippen LogP contribution in [0.15, 0.2) is 42.5 Å². The third-order valence-electron chi connectivity index (χ3n) is 3.12. The summed E-state index contributed by atoms with van der Waals surface area (Å²) in [6, 6.07) is 13.7. The molecule has 2 aromatic rings. The summed E-state index contributed by atoms with van der Waals surface area (Å²) in [5.74, 6) is 0.655. The molecule has 0 fully saturated rings. The van der Waals surface area contributed by atoms with Gasteiger partial charge in [-0.1, -0.05) is 30.3 Å². The second kappa shape index (κ2) is 6.82. The molecule has 0 aliphatic heterocycles. The van der Waals surface area contributed by atoms with Crippen molar-refractivity contribution in [3.63, 3.8) is 0 Å². The summed E-state index contributed by atoms with van der Waals surface area (Å²) in [5.41, 5.74) is 15.6. The van der Waals surface area contributed by atoms with Crippen LogP contribution in [-0.4, -0.2) is 20.3 Å². The summed E-state index contributed by atoms with van der Waals surface area (Å²) in [5, 5.41) is 0. The van der Waals surface area contributed by atoms with E-state index in [1.807, 2.05) is 24.3 Å². The molecule has 4 heteroatoms. The average Bonchev–Trinajstić information content (AvgIpc) is 2.47. The highest BCUT2D eigenvalue weighted by atomic mass is 16.5. The van der Waals surface area contributed by atoms with Crippen LogP contribution in [0, 0.1) is 0 Å². The summed E-state index contributed by atoms with van der Waals surface area (Å²) in [7, 11) is 1.64. The van der Waals surface area contributed by atoms with Crippen LogP contribution in [0.4, 0.5) is 11.4 Å². The second-order valence-corrected chi connectivity index (χ2v) is 4.55. The maximum Gasteiger partial charge on any atom is 0.142 e. The maximum atomic E-state index is 6.17. The monoisotopic (exact) mass is 272 g/mol. The smallest absolute Gasteiger partial charge is 0.142 e. The largest absolute Gasteiger partial charge is 0.489 e. The Balaban J connectivity index is 2.21. The number of anilines is 2. The van der Waals surface area contributed by atoms with E-state index in [9.17, 15) is 0 Å². The molecule has 0 heterocycles. The Kier molecular flexibility index (Phi) is 4.85. The zero-order valence-electron chi connectivity index (χ0n) is 11.6. The molecule has 0 amide bonds. The van der Waals surface area contributed by atoms with Crippen LogP contribution in [0.2, 0.25) is 0 Å². The van der Waals surface area contributed by atoms with Crippen molar-refractivity contribution in [3.05, 3.63) is 53.6 Å². The lowest BCUT2D eigenvalue weighted by Gasteiger charge is -2.14. The van der Waals surface area contributed by atoms with Gasteiger partial charge in [0, 0.05) is 24.8 Å². The van der Waals surface area contributed by atoms with Crippen LogP contribution in [0.3, 0.4) is 0 Å². The molecule has 4 nitrogen and oxygen atoms in total. The first-order chi connectivity index (χ1) is 9.72. The summed E-state index contributed by atoms with van der Waals surface area (Å²) in [4.78, 5) is 0. The lowest BCUT2D eigenvalue weighted by atomic mass is 10.0. The standard InChI is InChI=1S/C16H20N2O2/c1-19-9-10-20-15-8-7-14(17)13(16(15)18)11-12-5-3-2-4-6-12/h2-8H,9-11,17-18H2,1H3. The minimum atomic E-state index is 0.468. The van der Waals surface area contributed by atoms with Crippen molar-refractivity contribution in [2.24, 2.45) is 0 Å². The van der Waals surface area contributed by atoms with Gasteiger partial charge in [0.1, 0.15) is 12.4 Å². The van der Waals surface area contributed by atoms with Gasteiger partial charge in [-0.05, 0) is 17.7 Å². The van der Waals surface area contributed by atoms with Crippen molar-refractivity contribution in [3.8, 4) is 5.75 Å². The van der Waals surface area contributed by atoms with Crippen LogP contribution in [0.5, 0.6) is 5.75 Å². The van der Waals surface area contributed by atoms with Crippen molar-refractivity contribution in [2.75, 3.05) is 31.8 Å². The molecule has 0 saturated heterocycles. The Morgan fingerprint density at radius 3 is 2.40 bits per heavy atom. The molecule has 0 bridgehead atoms. The van der Waals surface area contributed by atoms with Crippen molar-refractivity contribution in [2.45, 2.75) is 6.42 Å². The van der Waals surface area contributed by atoms with Gasteiger partial charge in [0.05, 0.1) is 12.3 Å². The van der Waals surface area contributed by atoms with Crippen LogP contribution in [0.1, 0.15) is 11.1 Å². The third-order valence-corrected chi connectivity index (χ3v) is 3.12. The van der Waals surface area contributed by atoms with Crippen molar-refractivity contribution in [1.82, 2.24) is 0 Å². The van der Waals surface area contributed by atoms with Gasteiger partial charge in [-0.25, -0.2) is 0 Å². The van der Waals surface area contributed by atoms with E-state index >= 15 is 0 Å². The fraction of sp³-hybridized carbons (Fsp3) is 0.250. The number of methoxy groups -OCH3 is 1. The average molecular weight is 272 g/mol. The Morgan fingerprint density at radius 1 is 0.950 bits per heavy atom. The SMILES string of the molecule is COCCOc1ccc(N)c(Cc2ccccc2)c1N. The van der Waals surface area contributed by atoms with E-state index in [1.165, 1.54) is 5.56 Å². The lowest BCUT2D eigenvalue weighted by Crippen LogP contribution is -2.08. The van der Waals surface area contributed by atoms with Crippen LogP contribution in [0.25, 0.3) is 0 Å². The molecule has 0 saturated carbocycles. The lowest BCUT2D eigenvalue weighted by molar-refractivity contribution is 0.146. The van der Waals surface area contributed by atoms with E-state index in [0.29, 0.717) is 36.8 Å². The number of benzene rings is 2. The highest BCUT2D eigenvalue weighted by Gasteiger charge is 2.10. The number of ether oxygens (including phenoxy) is 2. The van der Waals surface area contributed by atoms with Gasteiger partial charge < -0.3 is 20.9 Å². The Bertz CT molecular complexity index is 556. The zero-order chi connectivity index (χ0) is 14.4. The molecule has 0 aliphatic carbocycles. The van der Waals surface area contributed by atoms with E-state index in [4.69, 9.17) is 20.9 Å². The van der Waals surface area contributed by atoms with Crippen molar-refractivity contribution >= 4 is 11.4 Å². The number of nitrogens with two attached hydrogens (primary N) is 2. The van der Waals surface area contributed by atoms with Gasteiger partial charge in [-0.2, -0.15) is 0 Å². The van der Waals surface area contributed by atoms with E-state index in [0.717, 1.165) is 5.56 Å². The summed E-state index contributed by atoms with van der Waals surface area (Å²) in [6.45, 7) is 0.993. The number of nitrogen functional groups attached to an aromatic ring is 2. The molecule has 0 atom stereocenters. The molecule has 0 aromatic heterocycles. The first-order valence-electron chi connectivity index (χ1n) is 6.55. The molecule has 20 heavy (non-hydrogen) atoms. The molecule has 106 valence electrons. The predicted molar refractivity (Wildman–Crippen MR) is 81.9 cm³/mol. The number of rotatable bonds is 6. The summed E-state index contributed by atoms with van der Waals surface area (Å²) >= 11 is 0. The topological polar surface area (TPSA) is 70.5 Å². The summed E-state index contributed by atoms with van der Waals surface area (Å²) in [6.07, 6.45) is 0.694. The Hall–Kier alpha value is -2.20. The quantitative estimate of drug-likeness (QED) is 0.626. The third kappa shape index (κ3) is 3.42. The van der Waals surface area contributed by atoms with Gasteiger partial charge in [-0.3, -0.25) is 0 Å². The molecule has 0 aliphatic rings. The van der Waals surface area contributed by atoms with E-state index in [1.54, 1.807) is 13.2 Å². The minimum Gasteiger partial charge on any atom is -0.489 e. The van der Waals surface area contributed by atoms with Gasteiger partial charge in [0.25, 0.3) is 0 Å². The van der Waals surface area contributed by atoms with Crippen LogP contribution < -0.4 is 16.2 Å². The molecule has 4 N–H and O–H groups in total. The van der Waals surface area contributed by atoms with Crippen LogP contribution in [-0.2, 0) is 11.2 Å². The molecule has 0 radical (unpaired) electrons. The molecule has 0 unspecified atom stereocenters. The first-order valence-corrected chi connectivity index (χ1v) is 6.55. The molecule has 2 rings (SSSR count). The zero-order valence-corrected chi connectivity index (χ0v) is 11.6. The first kappa shape index (κ1) is 14.2. The second-order valence-electron chi connectivity index (χ2n) is 4.55. The number of hydrogen-bond donors (Lipinski definition) is 2. The molecular weight excluding hydrogens is 252 g/mol. The fourth-order valence-corrected chi connectivity index (χ4v) is 2.02. The number of hydrogen-bond acceptors (Lipinski definition) is 4. The van der Waals surface area contributed by atoms with Crippen molar-refractivity contribution in [1.29, 1.82) is 0 Å². The Labute approximate surface area is 119 Å². The maximum absolute atomic E-state index is 6.17. The predicted octanol–water partition coefficient (Wildman–Crippen LogP) is 2.47. The molecule has 2 aromatic carbocycles. The molecular formula is C16H20N2O2. The van der Waals surface area contributed by atoms with E-state index in [-0.39, 0.29) is 0 Å². The highest BCUT2D eigenvalue weighted by Crippen LogP contribution is 2.31. The Morgan fingerprint density at radius 2 is 1.70 bits per heavy atom. The van der Waals surface area contributed by atoms with Crippen LogP contribution >= 0.6 is 0 Å². The molecule has 0 spiro atoms. The highest BCUT2D eigenvalue weighted by molar-refractivity contribution is 5.69. The minimum absolute atomic E-state index is 0.468. The van der Waals surface area contributed by atoms with Gasteiger partial charge >= 0.3 is 0 Å². The van der Waals surface area contributed by atoms with Gasteiger partial charge in [-0.15, -0.1) is 0 Å². The summed E-state index contributed by atoms with van der Waals surface area (Å²) < 4.78 is 10.6.